The number of allylic oxidation sites excluding steroid dienone is 1. The first-order valence-electron chi connectivity index (χ1n) is 7.56. The fourth-order valence-corrected chi connectivity index (χ4v) is 2.49. The number of benzene rings is 2. The van der Waals surface area contributed by atoms with Gasteiger partial charge in [-0.05, 0) is 36.4 Å². The SMILES string of the molecule is COc1ccc(C(=O)/C=C/c2cc3c(cc2[N+](=O)[O-])OCO3)cc1OC. The number of carbonyl (C=O) groups excluding carboxylic acids is 1. The summed E-state index contributed by atoms with van der Waals surface area (Å²) in [5.74, 6) is 1.28. The number of hydrogen-bond acceptors (Lipinski definition) is 7. The second-order valence-corrected chi connectivity index (χ2v) is 5.29. The lowest BCUT2D eigenvalue weighted by atomic mass is 10.1. The molecule has 1 aliphatic rings. The molecule has 0 unspecified atom stereocenters. The largest absolute Gasteiger partial charge is 0.493 e. The number of ketones is 1. The lowest BCUT2D eigenvalue weighted by Crippen LogP contribution is -1.98. The third-order valence-corrected chi connectivity index (χ3v) is 3.80. The predicted molar refractivity (Wildman–Crippen MR) is 92.1 cm³/mol. The number of ether oxygens (including phenoxy) is 4. The van der Waals surface area contributed by atoms with Crippen LogP contribution in [-0.4, -0.2) is 31.7 Å². The van der Waals surface area contributed by atoms with Crippen molar-refractivity contribution in [1.29, 1.82) is 0 Å². The molecule has 0 saturated carbocycles. The predicted octanol–water partition coefficient (Wildman–Crippen LogP) is 3.24. The second-order valence-electron chi connectivity index (χ2n) is 5.29. The number of nitrogens with zero attached hydrogens (tertiary/aromatic N) is 1. The lowest BCUT2D eigenvalue weighted by molar-refractivity contribution is -0.385. The molecule has 0 saturated heterocycles. The van der Waals surface area contributed by atoms with E-state index in [4.69, 9.17) is 18.9 Å². The number of nitro benzene ring substituents is 1. The minimum Gasteiger partial charge on any atom is -0.493 e. The molecule has 8 nitrogen and oxygen atoms in total. The van der Waals surface area contributed by atoms with Crippen molar-refractivity contribution >= 4 is 17.5 Å². The molecular weight excluding hydrogens is 342 g/mol. The molecule has 134 valence electrons. The van der Waals surface area contributed by atoms with E-state index in [1.54, 1.807) is 18.2 Å². The summed E-state index contributed by atoms with van der Waals surface area (Å²) in [6.07, 6.45) is 2.63. The summed E-state index contributed by atoms with van der Waals surface area (Å²) in [6.45, 7) is 0.00420. The molecule has 3 rings (SSSR count). The molecule has 26 heavy (non-hydrogen) atoms. The van der Waals surface area contributed by atoms with Crippen molar-refractivity contribution in [3.8, 4) is 23.0 Å². The molecule has 0 amide bonds. The zero-order chi connectivity index (χ0) is 18.7. The van der Waals surface area contributed by atoms with Gasteiger partial charge in [0.2, 0.25) is 6.79 Å². The summed E-state index contributed by atoms with van der Waals surface area (Å²) in [7, 11) is 2.97. The maximum Gasteiger partial charge on any atom is 0.280 e. The molecule has 0 spiro atoms. The molecule has 0 atom stereocenters. The molecule has 0 radical (unpaired) electrons. The first-order valence-corrected chi connectivity index (χ1v) is 7.56. The van der Waals surface area contributed by atoms with Gasteiger partial charge in [-0.2, -0.15) is 0 Å². The van der Waals surface area contributed by atoms with Gasteiger partial charge < -0.3 is 18.9 Å². The highest BCUT2D eigenvalue weighted by Crippen LogP contribution is 2.38. The van der Waals surface area contributed by atoms with Crippen molar-refractivity contribution in [1.82, 2.24) is 0 Å². The summed E-state index contributed by atoms with van der Waals surface area (Å²) >= 11 is 0. The van der Waals surface area contributed by atoms with E-state index in [0.717, 1.165) is 0 Å². The van der Waals surface area contributed by atoms with Crippen LogP contribution in [0.3, 0.4) is 0 Å². The van der Waals surface area contributed by atoms with Crippen molar-refractivity contribution in [2.75, 3.05) is 21.0 Å². The van der Waals surface area contributed by atoms with Gasteiger partial charge >= 0.3 is 0 Å². The molecule has 0 fully saturated rings. The van der Waals surface area contributed by atoms with Crippen LogP contribution in [0.5, 0.6) is 23.0 Å². The van der Waals surface area contributed by atoms with Crippen LogP contribution in [0.1, 0.15) is 15.9 Å². The number of methoxy groups -OCH3 is 2. The molecule has 0 N–H and O–H groups in total. The van der Waals surface area contributed by atoms with Crippen molar-refractivity contribution in [3.63, 3.8) is 0 Å². The molecule has 1 aliphatic heterocycles. The Labute approximate surface area is 148 Å². The van der Waals surface area contributed by atoms with E-state index in [0.29, 0.717) is 28.6 Å². The fourth-order valence-electron chi connectivity index (χ4n) is 2.49. The Morgan fingerprint density at radius 1 is 1.12 bits per heavy atom. The van der Waals surface area contributed by atoms with E-state index in [1.165, 1.54) is 38.5 Å². The van der Waals surface area contributed by atoms with Crippen LogP contribution < -0.4 is 18.9 Å². The van der Waals surface area contributed by atoms with Gasteiger partial charge in [0.25, 0.3) is 5.69 Å². The molecule has 0 aromatic heterocycles. The zero-order valence-electron chi connectivity index (χ0n) is 14.1. The van der Waals surface area contributed by atoms with Gasteiger partial charge in [0.15, 0.2) is 28.8 Å². The molecule has 0 bridgehead atoms. The molecule has 1 heterocycles. The molecular formula is C18H15NO7. The topological polar surface area (TPSA) is 97.1 Å². The van der Waals surface area contributed by atoms with Crippen LogP contribution in [0, 0.1) is 10.1 Å². The van der Waals surface area contributed by atoms with Crippen LogP contribution in [0.15, 0.2) is 36.4 Å². The third kappa shape index (κ3) is 3.30. The number of nitro groups is 1. The van der Waals surface area contributed by atoms with Crippen LogP contribution in [0.25, 0.3) is 6.08 Å². The normalized spacial score (nSPS) is 12.2. The first kappa shape index (κ1) is 17.3. The maximum absolute atomic E-state index is 12.4. The Kier molecular flexibility index (Phi) is 4.74. The Morgan fingerprint density at radius 2 is 1.81 bits per heavy atom. The van der Waals surface area contributed by atoms with Gasteiger partial charge in [0.05, 0.1) is 30.8 Å². The third-order valence-electron chi connectivity index (χ3n) is 3.80. The Balaban J connectivity index is 1.90. The van der Waals surface area contributed by atoms with Gasteiger partial charge in [0.1, 0.15) is 0 Å². The zero-order valence-corrected chi connectivity index (χ0v) is 14.1. The first-order chi connectivity index (χ1) is 12.5. The highest BCUT2D eigenvalue weighted by molar-refractivity contribution is 6.07. The smallest absolute Gasteiger partial charge is 0.280 e. The summed E-state index contributed by atoms with van der Waals surface area (Å²) < 4.78 is 20.7. The monoisotopic (exact) mass is 357 g/mol. The van der Waals surface area contributed by atoms with Gasteiger partial charge in [-0.25, -0.2) is 0 Å². The van der Waals surface area contributed by atoms with E-state index in [9.17, 15) is 14.9 Å². The minimum absolute atomic E-state index is 0.00420. The Hall–Kier alpha value is -3.55. The molecule has 8 heteroatoms. The van der Waals surface area contributed by atoms with Crippen molar-refractivity contribution in [2.24, 2.45) is 0 Å². The van der Waals surface area contributed by atoms with E-state index in [-0.39, 0.29) is 23.8 Å². The Morgan fingerprint density at radius 3 is 2.46 bits per heavy atom. The molecule has 0 aliphatic carbocycles. The summed E-state index contributed by atoms with van der Waals surface area (Å²) in [4.78, 5) is 23.1. The number of rotatable bonds is 6. The number of hydrogen-bond donors (Lipinski definition) is 0. The second kappa shape index (κ2) is 7.14. The van der Waals surface area contributed by atoms with E-state index >= 15 is 0 Å². The van der Waals surface area contributed by atoms with Crippen LogP contribution >= 0.6 is 0 Å². The van der Waals surface area contributed by atoms with E-state index < -0.39 is 4.92 Å². The quantitative estimate of drug-likeness (QED) is 0.339. The molecule has 2 aromatic carbocycles. The van der Waals surface area contributed by atoms with Crippen molar-refractivity contribution in [2.45, 2.75) is 0 Å². The van der Waals surface area contributed by atoms with Gasteiger partial charge in [-0.3, -0.25) is 14.9 Å². The van der Waals surface area contributed by atoms with Crippen LogP contribution in [-0.2, 0) is 0 Å². The fraction of sp³-hybridized carbons (Fsp3) is 0.167. The van der Waals surface area contributed by atoms with E-state index in [1.807, 2.05) is 0 Å². The van der Waals surface area contributed by atoms with Gasteiger partial charge in [0, 0.05) is 5.56 Å². The number of carbonyl (C=O) groups is 1. The molecule has 2 aromatic rings. The highest BCUT2D eigenvalue weighted by Gasteiger charge is 2.22. The van der Waals surface area contributed by atoms with Gasteiger partial charge in [-0.1, -0.05) is 0 Å². The Bertz CT molecular complexity index is 905. The summed E-state index contributed by atoms with van der Waals surface area (Å²) in [6, 6.07) is 7.49. The summed E-state index contributed by atoms with van der Waals surface area (Å²) in [5.41, 5.74) is 0.431. The highest BCUT2D eigenvalue weighted by atomic mass is 16.7. The lowest BCUT2D eigenvalue weighted by Gasteiger charge is -2.08. The van der Waals surface area contributed by atoms with E-state index in [2.05, 4.69) is 0 Å². The van der Waals surface area contributed by atoms with Crippen LogP contribution in [0.4, 0.5) is 5.69 Å². The minimum atomic E-state index is -0.539. The average Bonchev–Trinajstić information content (AvgIpc) is 3.11. The van der Waals surface area contributed by atoms with Crippen molar-refractivity contribution < 1.29 is 28.7 Å². The standard InChI is InChI=1S/C18H15NO7/c1-23-15-6-4-12(8-16(15)24-2)14(20)5-3-11-7-17-18(26-10-25-17)9-13(11)19(21)22/h3-9H,10H2,1-2H3/b5-3+. The summed E-state index contributed by atoms with van der Waals surface area (Å²) in [5, 5.41) is 11.3. The maximum atomic E-state index is 12.4. The van der Waals surface area contributed by atoms with Crippen LogP contribution in [0.2, 0.25) is 0 Å². The number of fused-ring (bicyclic) bond motifs is 1. The van der Waals surface area contributed by atoms with Gasteiger partial charge in [-0.15, -0.1) is 0 Å². The van der Waals surface area contributed by atoms with Crippen molar-refractivity contribution in [3.05, 3.63) is 57.6 Å². The average molecular weight is 357 g/mol.